The van der Waals surface area contributed by atoms with E-state index in [1.165, 1.54) is 0 Å². The molecule has 5 heteroatoms. The van der Waals surface area contributed by atoms with Crippen LogP contribution in [0.4, 0.5) is 11.6 Å². The second kappa shape index (κ2) is 5.14. The van der Waals surface area contributed by atoms with Crippen molar-refractivity contribution in [3.05, 3.63) is 60.8 Å². The molecule has 4 aromatic rings. The minimum atomic E-state index is 0.487. The molecule has 0 saturated carbocycles. The Labute approximate surface area is 133 Å². The fourth-order valence-corrected chi connectivity index (χ4v) is 2.78. The lowest BCUT2D eigenvalue weighted by Gasteiger charge is -2.09. The second-order valence-corrected chi connectivity index (χ2v) is 5.39. The lowest BCUT2D eigenvalue weighted by molar-refractivity contribution is 1.13. The molecule has 0 aliphatic heterocycles. The van der Waals surface area contributed by atoms with Gasteiger partial charge in [0.1, 0.15) is 5.82 Å². The predicted molar refractivity (Wildman–Crippen MR) is 93.6 cm³/mol. The number of nitrogen functional groups attached to an aromatic ring is 2. The van der Waals surface area contributed by atoms with Crippen LogP contribution in [0, 0.1) is 0 Å². The third-order valence-electron chi connectivity index (χ3n) is 3.90. The second-order valence-electron chi connectivity index (χ2n) is 5.39. The van der Waals surface area contributed by atoms with Crippen LogP contribution < -0.4 is 11.5 Å². The summed E-state index contributed by atoms with van der Waals surface area (Å²) in [5.41, 5.74) is 16.9. The summed E-state index contributed by atoms with van der Waals surface area (Å²) in [6, 6.07) is 18.1. The van der Waals surface area contributed by atoms with Crippen molar-refractivity contribution in [1.82, 2.24) is 15.2 Å². The number of fused-ring (bicyclic) bond motifs is 1. The van der Waals surface area contributed by atoms with Gasteiger partial charge in [0, 0.05) is 17.1 Å². The minimum absolute atomic E-state index is 0.487. The Hall–Kier alpha value is -3.34. The number of H-pyrrole nitrogens is 1. The first-order valence-electron chi connectivity index (χ1n) is 7.27. The van der Waals surface area contributed by atoms with Crippen LogP contribution in [0.3, 0.4) is 0 Å². The van der Waals surface area contributed by atoms with Crippen molar-refractivity contribution in [3.8, 4) is 22.3 Å². The van der Waals surface area contributed by atoms with E-state index in [0.717, 1.165) is 33.2 Å². The fraction of sp³-hybridized carbons (Fsp3) is 0. The van der Waals surface area contributed by atoms with Crippen LogP contribution in [-0.2, 0) is 0 Å². The van der Waals surface area contributed by atoms with Crippen molar-refractivity contribution >= 4 is 22.5 Å². The number of hydrogen-bond donors (Lipinski definition) is 3. The highest BCUT2D eigenvalue weighted by molar-refractivity contribution is 6.02. The number of pyridine rings is 1. The molecule has 4 rings (SSSR count). The van der Waals surface area contributed by atoms with Gasteiger partial charge in [-0.25, -0.2) is 4.98 Å². The predicted octanol–water partition coefficient (Wildman–Crippen LogP) is 3.46. The van der Waals surface area contributed by atoms with Crippen LogP contribution in [0.5, 0.6) is 0 Å². The molecule has 2 aromatic heterocycles. The molecule has 23 heavy (non-hydrogen) atoms. The fourth-order valence-electron chi connectivity index (χ4n) is 2.78. The monoisotopic (exact) mass is 301 g/mol. The molecule has 0 spiro atoms. The van der Waals surface area contributed by atoms with E-state index in [9.17, 15) is 0 Å². The van der Waals surface area contributed by atoms with Gasteiger partial charge in [0.05, 0.1) is 5.52 Å². The maximum Gasteiger partial charge on any atom is 0.153 e. The van der Waals surface area contributed by atoms with E-state index < -0.39 is 0 Å². The van der Waals surface area contributed by atoms with Crippen molar-refractivity contribution in [1.29, 1.82) is 0 Å². The Morgan fingerprint density at radius 2 is 1.65 bits per heavy atom. The van der Waals surface area contributed by atoms with Crippen molar-refractivity contribution < 1.29 is 0 Å². The summed E-state index contributed by atoms with van der Waals surface area (Å²) >= 11 is 0. The number of nitrogens with one attached hydrogen (secondary N) is 1. The van der Waals surface area contributed by atoms with Crippen molar-refractivity contribution in [2.45, 2.75) is 0 Å². The SMILES string of the molecule is Nc1cc(-c2cc(-c3ccccc3)c3[nH]nc(N)c3c2)ccn1. The van der Waals surface area contributed by atoms with Gasteiger partial charge in [0.2, 0.25) is 0 Å². The van der Waals surface area contributed by atoms with Gasteiger partial charge >= 0.3 is 0 Å². The Morgan fingerprint density at radius 1 is 0.826 bits per heavy atom. The Morgan fingerprint density at radius 3 is 2.43 bits per heavy atom. The summed E-state index contributed by atoms with van der Waals surface area (Å²) < 4.78 is 0. The number of nitrogens with zero attached hydrogens (tertiary/aromatic N) is 2. The summed E-state index contributed by atoms with van der Waals surface area (Å²) in [7, 11) is 0. The highest BCUT2D eigenvalue weighted by Gasteiger charge is 2.12. The van der Waals surface area contributed by atoms with Gasteiger partial charge in [-0.1, -0.05) is 30.3 Å². The molecular formula is C18H15N5. The van der Waals surface area contributed by atoms with Gasteiger partial charge in [-0.3, -0.25) is 5.10 Å². The third kappa shape index (κ3) is 2.28. The van der Waals surface area contributed by atoms with Crippen molar-refractivity contribution in [2.24, 2.45) is 0 Å². The molecule has 0 unspecified atom stereocenters. The third-order valence-corrected chi connectivity index (χ3v) is 3.90. The molecule has 0 bridgehead atoms. The first-order valence-corrected chi connectivity index (χ1v) is 7.27. The van der Waals surface area contributed by atoms with Crippen molar-refractivity contribution in [3.63, 3.8) is 0 Å². The average Bonchev–Trinajstić information content (AvgIpc) is 2.96. The smallest absolute Gasteiger partial charge is 0.153 e. The van der Waals surface area contributed by atoms with Gasteiger partial charge in [0.15, 0.2) is 5.82 Å². The molecule has 0 aliphatic carbocycles. The van der Waals surface area contributed by atoms with Gasteiger partial charge < -0.3 is 11.5 Å². The van der Waals surface area contributed by atoms with Crippen LogP contribution in [0.25, 0.3) is 33.2 Å². The highest BCUT2D eigenvalue weighted by atomic mass is 15.1. The van der Waals surface area contributed by atoms with Gasteiger partial charge in [-0.05, 0) is 41.0 Å². The number of benzene rings is 2. The molecule has 112 valence electrons. The summed E-state index contributed by atoms with van der Waals surface area (Å²) in [5.74, 6) is 0.977. The quantitative estimate of drug-likeness (QED) is 0.528. The first-order chi connectivity index (χ1) is 11.2. The van der Waals surface area contributed by atoms with Crippen molar-refractivity contribution in [2.75, 3.05) is 11.5 Å². The topological polar surface area (TPSA) is 93.6 Å². The lowest BCUT2D eigenvalue weighted by Crippen LogP contribution is -1.90. The van der Waals surface area contributed by atoms with E-state index in [1.54, 1.807) is 6.20 Å². The molecule has 0 atom stereocenters. The molecule has 0 radical (unpaired) electrons. The largest absolute Gasteiger partial charge is 0.384 e. The average molecular weight is 301 g/mol. The number of aromatic amines is 1. The van der Waals surface area contributed by atoms with Gasteiger partial charge in [-0.2, -0.15) is 5.10 Å². The molecule has 5 N–H and O–H groups in total. The minimum Gasteiger partial charge on any atom is -0.384 e. The van der Waals surface area contributed by atoms with E-state index in [-0.39, 0.29) is 0 Å². The van der Waals surface area contributed by atoms with E-state index in [2.05, 4.69) is 33.4 Å². The van der Waals surface area contributed by atoms with Gasteiger partial charge in [-0.15, -0.1) is 0 Å². The molecule has 5 nitrogen and oxygen atoms in total. The molecule has 2 aromatic carbocycles. The molecule has 0 amide bonds. The summed E-state index contributed by atoms with van der Waals surface area (Å²) in [6.07, 6.45) is 1.70. The lowest BCUT2D eigenvalue weighted by atomic mass is 9.96. The zero-order valence-corrected chi connectivity index (χ0v) is 12.3. The maximum atomic E-state index is 6.02. The number of hydrogen-bond acceptors (Lipinski definition) is 4. The summed E-state index contributed by atoms with van der Waals surface area (Å²) in [5, 5.41) is 8.08. The van der Waals surface area contributed by atoms with Crippen LogP contribution in [0.2, 0.25) is 0 Å². The molecule has 0 saturated heterocycles. The normalized spacial score (nSPS) is 11.0. The standard InChI is InChI=1S/C18H15N5/c19-16-10-12(6-7-21-16)13-8-14(11-4-2-1-3-5-11)17-15(9-13)18(20)23-22-17/h1-10H,(H2,19,21)(H3,20,22,23). The maximum absolute atomic E-state index is 6.02. The van der Waals surface area contributed by atoms with Gasteiger partial charge in [0.25, 0.3) is 0 Å². The molecular weight excluding hydrogens is 286 g/mol. The first kappa shape index (κ1) is 13.3. The highest BCUT2D eigenvalue weighted by Crippen LogP contribution is 2.35. The summed E-state index contributed by atoms with van der Waals surface area (Å²) in [6.45, 7) is 0. The van der Waals surface area contributed by atoms with E-state index in [4.69, 9.17) is 11.5 Å². The molecule has 0 fully saturated rings. The number of rotatable bonds is 2. The Bertz CT molecular complexity index is 989. The van der Waals surface area contributed by atoms with Crippen LogP contribution in [-0.4, -0.2) is 15.2 Å². The number of anilines is 2. The number of nitrogens with two attached hydrogens (primary N) is 2. The van der Waals surface area contributed by atoms with E-state index in [0.29, 0.717) is 11.6 Å². The summed E-state index contributed by atoms with van der Waals surface area (Å²) in [4.78, 5) is 4.05. The van der Waals surface area contributed by atoms with E-state index >= 15 is 0 Å². The zero-order chi connectivity index (χ0) is 15.8. The van der Waals surface area contributed by atoms with Crippen LogP contribution in [0.15, 0.2) is 60.8 Å². The van der Waals surface area contributed by atoms with Crippen LogP contribution >= 0.6 is 0 Å². The van der Waals surface area contributed by atoms with E-state index in [1.807, 2.05) is 36.4 Å². The zero-order valence-electron chi connectivity index (χ0n) is 12.3. The molecule has 0 aliphatic rings. The van der Waals surface area contributed by atoms with Crippen LogP contribution in [0.1, 0.15) is 0 Å². The number of aromatic nitrogens is 3. The Kier molecular flexibility index (Phi) is 2.98. The molecule has 2 heterocycles. The Balaban J connectivity index is 2.02.